The second kappa shape index (κ2) is 8.97. The fourth-order valence-corrected chi connectivity index (χ4v) is 3.49. The lowest BCUT2D eigenvalue weighted by Gasteiger charge is -2.34. The third kappa shape index (κ3) is 5.52. The molecule has 6 nitrogen and oxygen atoms in total. The molecular formula is C21H28N4O2. The largest absolute Gasteiger partial charge is 0.351 e. The first kappa shape index (κ1) is 19.3. The molecule has 0 unspecified atom stereocenters. The van der Waals surface area contributed by atoms with Crippen LogP contribution in [0.5, 0.6) is 0 Å². The molecule has 0 aliphatic carbocycles. The van der Waals surface area contributed by atoms with Gasteiger partial charge in [-0.2, -0.15) is 0 Å². The summed E-state index contributed by atoms with van der Waals surface area (Å²) >= 11 is 0. The molecule has 2 heterocycles. The van der Waals surface area contributed by atoms with Gasteiger partial charge in [-0.05, 0) is 31.0 Å². The number of carbonyl (C=O) groups is 1. The summed E-state index contributed by atoms with van der Waals surface area (Å²) in [4.78, 5) is 31.7. The Morgan fingerprint density at radius 1 is 1.07 bits per heavy atom. The molecule has 1 aromatic carbocycles. The van der Waals surface area contributed by atoms with E-state index in [2.05, 4.69) is 44.4 Å². The quantitative estimate of drug-likeness (QED) is 0.809. The number of aryl methyl sites for hydroxylation is 2. The molecule has 0 atom stereocenters. The van der Waals surface area contributed by atoms with Crippen molar-refractivity contribution in [3.63, 3.8) is 0 Å². The number of benzene rings is 1. The van der Waals surface area contributed by atoms with E-state index < -0.39 is 0 Å². The van der Waals surface area contributed by atoms with Crippen LogP contribution in [0.1, 0.15) is 22.4 Å². The SMILES string of the molecule is Cc1cc(C)c(CNC(=O)CN2CCN(Cc3ccccc3)CC2)c(=O)[nH]1. The van der Waals surface area contributed by atoms with Crippen LogP contribution in [0.2, 0.25) is 0 Å². The Hall–Kier alpha value is -2.44. The van der Waals surface area contributed by atoms with E-state index in [4.69, 9.17) is 0 Å². The van der Waals surface area contributed by atoms with Crippen LogP contribution in [0.15, 0.2) is 41.2 Å². The molecule has 6 heteroatoms. The molecule has 2 N–H and O–H groups in total. The number of aromatic nitrogens is 1. The van der Waals surface area contributed by atoms with Crippen molar-refractivity contribution in [1.29, 1.82) is 0 Å². The standard InChI is InChI=1S/C21H28N4O2/c1-16-12-17(2)23-21(27)19(16)13-22-20(26)15-25-10-8-24(9-11-25)14-18-6-4-3-5-7-18/h3-7,12H,8-11,13-15H2,1-2H3,(H,22,26)(H,23,27). The van der Waals surface area contributed by atoms with E-state index >= 15 is 0 Å². The average Bonchev–Trinajstić information content (AvgIpc) is 2.63. The summed E-state index contributed by atoms with van der Waals surface area (Å²) in [6.45, 7) is 9.03. The summed E-state index contributed by atoms with van der Waals surface area (Å²) in [5.41, 5.74) is 3.57. The predicted octanol–water partition coefficient (Wildman–Crippen LogP) is 1.43. The number of nitrogens with zero attached hydrogens (tertiary/aromatic N) is 2. The Bertz CT molecular complexity index is 824. The number of hydrogen-bond donors (Lipinski definition) is 2. The number of nitrogens with one attached hydrogen (secondary N) is 2. The van der Waals surface area contributed by atoms with Crippen molar-refractivity contribution >= 4 is 5.91 Å². The molecule has 27 heavy (non-hydrogen) atoms. The molecule has 1 fully saturated rings. The summed E-state index contributed by atoms with van der Waals surface area (Å²) < 4.78 is 0. The molecule has 0 saturated carbocycles. The van der Waals surface area contributed by atoms with Gasteiger partial charge in [-0.15, -0.1) is 0 Å². The van der Waals surface area contributed by atoms with E-state index in [1.165, 1.54) is 5.56 Å². The maximum atomic E-state index is 12.3. The molecular weight excluding hydrogens is 340 g/mol. The van der Waals surface area contributed by atoms with Gasteiger partial charge in [0.15, 0.2) is 0 Å². The second-order valence-electron chi connectivity index (χ2n) is 7.26. The summed E-state index contributed by atoms with van der Waals surface area (Å²) in [6.07, 6.45) is 0. The second-order valence-corrected chi connectivity index (χ2v) is 7.26. The van der Waals surface area contributed by atoms with Crippen molar-refractivity contribution < 1.29 is 4.79 Å². The van der Waals surface area contributed by atoms with Crippen LogP contribution in [0.3, 0.4) is 0 Å². The number of aromatic amines is 1. The molecule has 1 aliphatic heterocycles. The minimum atomic E-state index is -0.123. The van der Waals surface area contributed by atoms with Gasteiger partial charge in [0.1, 0.15) is 0 Å². The minimum absolute atomic E-state index is 0.0362. The predicted molar refractivity (Wildman–Crippen MR) is 107 cm³/mol. The van der Waals surface area contributed by atoms with E-state index in [0.717, 1.165) is 44.0 Å². The first-order chi connectivity index (χ1) is 13.0. The average molecular weight is 368 g/mol. The monoisotopic (exact) mass is 368 g/mol. The summed E-state index contributed by atoms with van der Waals surface area (Å²) in [6, 6.07) is 12.4. The lowest BCUT2D eigenvalue weighted by Crippen LogP contribution is -2.49. The highest BCUT2D eigenvalue weighted by Crippen LogP contribution is 2.08. The Morgan fingerprint density at radius 3 is 2.41 bits per heavy atom. The van der Waals surface area contributed by atoms with E-state index in [0.29, 0.717) is 12.1 Å². The Labute approximate surface area is 160 Å². The van der Waals surface area contributed by atoms with Gasteiger partial charge in [-0.3, -0.25) is 19.4 Å². The lowest BCUT2D eigenvalue weighted by molar-refractivity contribution is -0.122. The number of rotatable bonds is 6. The van der Waals surface area contributed by atoms with Crippen molar-refractivity contribution in [2.75, 3.05) is 32.7 Å². The number of hydrogen-bond acceptors (Lipinski definition) is 4. The molecule has 2 aromatic rings. The Morgan fingerprint density at radius 2 is 1.74 bits per heavy atom. The van der Waals surface area contributed by atoms with Crippen molar-refractivity contribution in [2.45, 2.75) is 26.9 Å². The first-order valence-corrected chi connectivity index (χ1v) is 9.46. The van der Waals surface area contributed by atoms with E-state index in [1.54, 1.807) is 0 Å². The summed E-state index contributed by atoms with van der Waals surface area (Å²) in [7, 11) is 0. The Kier molecular flexibility index (Phi) is 6.42. The third-order valence-corrected chi connectivity index (χ3v) is 5.04. The molecule has 3 rings (SSSR count). The molecule has 1 aliphatic rings. The zero-order valence-corrected chi connectivity index (χ0v) is 16.1. The van der Waals surface area contributed by atoms with Crippen molar-refractivity contribution in [3.05, 3.63) is 69.1 Å². The van der Waals surface area contributed by atoms with Gasteiger partial charge in [0.25, 0.3) is 5.56 Å². The molecule has 1 saturated heterocycles. The lowest BCUT2D eigenvalue weighted by atomic mass is 10.1. The zero-order chi connectivity index (χ0) is 19.2. The number of pyridine rings is 1. The van der Waals surface area contributed by atoms with Gasteiger partial charge in [0.05, 0.1) is 6.54 Å². The van der Waals surface area contributed by atoms with E-state index in [-0.39, 0.29) is 18.0 Å². The Balaban J connectivity index is 1.43. The molecule has 0 spiro atoms. The van der Waals surface area contributed by atoms with Crippen LogP contribution in [0, 0.1) is 13.8 Å². The molecule has 0 radical (unpaired) electrons. The van der Waals surface area contributed by atoms with Crippen molar-refractivity contribution in [2.24, 2.45) is 0 Å². The molecule has 144 valence electrons. The number of H-pyrrole nitrogens is 1. The maximum absolute atomic E-state index is 12.3. The zero-order valence-electron chi connectivity index (χ0n) is 16.1. The number of carbonyl (C=O) groups excluding carboxylic acids is 1. The van der Waals surface area contributed by atoms with Crippen LogP contribution in [0.25, 0.3) is 0 Å². The van der Waals surface area contributed by atoms with Crippen LogP contribution in [-0.2, 0) is 17.9 Å². The topological polar surface area (TPSA) is 68.4 Å². The first-order valence-electron chi connectivity index (χ1n) is 9.46. The molecule has 1 aromatic heterocycles. The minimum Gasteiger partial charge on any atom is -0.351 e. The summed E-state index contributed by atoms with van der Waals surface area (Å²) in [5.74, 6) is -0.0362. The maximum Gasteiger partial charge on any atom is 0.253 e. The normalized spacial score (nSPS) is 15.6. The van der Waals surface area contributed by atoms with Crippen LogP contribution >= 0.6 is 0 Å². The van der Waals surface area contributed by atoms with Gasteiger partial charge in [-0.25, -0.2) is 0 Å². The van der Waals surface area contributed by atoms with Crippen molar-refractivity contribution in [1.82, 2.24) is 20.1 Å². The highest BCUT2D eigenvalue weighted by molar-refractivity contribution is 5.78. The fourth-order valence-electron chi connectivity index (χ4n) is 3.49. The van der Waals surface area contributed by atoms with Gasteiger partial charge in [-0.1, -0.05) is 30.3 Å². The van der Waals surface area contributed by atoms with E-state index in [9.17, 15) is 9.59 Å². The summed E-state index contributed by atoms with van der Waals surface area (Å²) in [5, 5.41) is 2.88. The van der Waals surface area contributed by atoms with Gasteiger partial charge >= 0.3 is 0 Å². The van der Waals surface area contributed by atoms with E-state index in [1.807, 2.05) is 26.0 Å². The molecule has 0 bridgehead atoms. The van der Waals surface area contributed by atoms with Gasteiger partial charge in [0, 0.05) is 50.5 Å². The van der Waals surface area contributed by atoms with Crippen molar-refractivity contribution in [3.8, 4) is 0 Å². The van der Waals surface area contributed by atoms with Crippen LogP contribution < -0.4 is 10.9 Å². The third-order valence-electron chi connectivity index (χ3n) is 5.04. The number of amides is 1. The smallest absolute Gasteiger partial charge is 0.253 e. The molecule has 1 amide bonds. The van der Waals surface area contributed by atoms with Gasteiger partial charge in [0.2, 0.25) is 5.91 Å². The van der Waals surface area contributed by atoms with Crippen LogP contribution in [-0.4, -0.2) is 53.4 Å². The highest BCUT2D eigenvalue weighted by Gasteiger charge is 2.19. The van der Waals surface area contributed by atoms with Gasteiger partial charge < -0.3 is 10.3 Å². The number of piperazine rings is 1. The van der Waals surface area contributed by atoms with Crippen LogP contribution in [0.4, 0.5) is 0 Å². The fraction of sp³-hybridized carbons (Fsp3) is 0.429. The highest BCUT2D eigenvalue weighted by atomic mass is 16.2.